The molecule has 1 fully saturated rings. The van der Waals surface area contributed by atoms with E-state index < -0.39 is 10.0 Å². The number of H-pyrrole nitrogens is 1. The molecule has 1 unspecified atom stereocenters. The molecule has 1 aromatic carbocycles. The number of fused-ring (bicyclic) bond motifs is 3. The first-order valence-electron chi connectivity index (χ1n) is 7.94. The first-order valence-corrected chi connectivity index (χ1v) is 9.76. The van der Waals surface area contributed by atoms with Crippen molar-refractivity contribution in [2.45, 2.75) is 23.8 Å². The van der Waals surface area contributed by atoms with E-state index in [1.165, 1.54) is 16.4 Å². The summed E-state index contributed by atoms with van der Waals surface area (Å²) in [5.41, 5.74) is 0.880. The highest BCUT2D eigenvalue weighted by Crippen LogP contribution is 2.51. The summed E-state index contributed by atoms with van der Waals surface area (Å²) in [6.45, 7) is 0. The maximum atomic E-state index is 13.4. The smallest absolute Gasteiger partial charge is 0.267 e. The van der Waals surface area contributed by atoms with Gasteiger partial charge in [0.05, 0.1) is 17.1 Å². The van der Waals surface area contributed by atoms with E-state index in [0.29, 0.717) is 11.0 Å². The summed E-state index contributed by atoms with van der Waals surface area (Å²) in [6, 6.07) is 5.92. The van der Waals surface area contributed by atoms with Crippen molar-refractivity contribution < 1.29 is 8.42 Å². The van der Waals surface area contributed by atoms with Crippen LogP contribution in [0.5, 0.6) is 0 Å². The molecule has 5 rings (SSSR count). The molecule has 9 heteroatoms. The summed E-state index contributed by atoms with van der Waals surface area (Å²) in [5, 5.41) is 7.59. The van der Waals surface area contributed by atoms with Crippen molar-refractivity contribution in [3.63, 3.8) is 0 Å². The van der Waals surface area contributed by atoms with Crippen LogP contribution in [0.3, 0.4) is 0 Å². The fraction of sp³-hybridized carbons (Fsp3) is 0.250. The molecule has 0 radical (unpaired) electrons. The Bertz CT molecular complexity index is 1050. The number of aromatic nitrogens is 4. The minimum Gasteiger partial charge on any atom is -0.269 e. The van der Waals surface area contributed by atoms with E-state index in [4.69, 9.17) is 11.6 Å². The standard InChI is InChI=1S/C16H14ClN5O2S/c17-11-3-5-12(6-4-11)25(23,24)22-14(10-1-2-10)13-9-19-20-15(13)21-8-7-18-16(21)22/h3-10,14H,1-2H2,(H,19,20). The second-order valence-corrected chi connectivity index (χ2v) is 8.56. The van der Waals surface area contributed by atoms with Gasteiger partial charge in [0.2, 0.25) is 5.95 Å². The zero-order valence-corrected chi connectivity index (χ0v) is 14.6. The third-order valence-corrected chi connectivity index (χ3v) is 6.75. The molecule has 2 aliphatic rings. The molecule has 128 valence electrons. The van der Waals surface area contributed by atoms with Crippen LogP contribution < -0.4 is 4.31 Å². The molecule has 1 aliphatic heterocycles. The van der Waals surface area contributed by atoms with Gasteiger partial charge in [0.25, 0.3) is 10.0 Å². The van der Waals surface area contributed by atoms with Gasteiger partial charge in [0.1, 0.15) is 5.82 Å². The Morgan fingerprint density at radius 1 is 1.20 bits per heavy atom. The van der Waals surface area contributed by atoms with Gasteiger partial charge in [-0.25, -0.2) is 17.7 Å². The minimum absolute atomic E-state index is 0.198. The summed E-state index contributed by atoms with van der Waals surface area (Å²) in [5.74, 6) is 1.43. The van der Waals surface area contributed by atoms with Gasteiger partial charge < -0.3 is 0 Å². The molecular weight excluding hydrogens is 362 g/mol. The van der Waals surface area contributed by atoms with Gasteiger partial charge in [-0.05, 0) is 43.0 Å². The molecule has 1 N–H and O–H groups in total. The number of nitrogens with one attached hydrogen (secondary N) is 1. The van der Waals surface area contributed by atoms with Crippen LogP contribution in [0.1, 0.15) is 24.4 Å². The summed E-state index contributed by atoms with van der Waals surface area (Å²) >= 11 is 5.92. The fourth-order valence-electron chi connectivity index (χ4n) is 3.42. The number of rotatable bonds is 3. The number of sulfonamides is 1. The molecule has 25 heavy (non-hydrogen) atoms. The monoisotopic (exact) mass is 375 g/mol. The van der Waals surface area contributed by atoms with E-state index in [9.17, 15) is 8.42 Å². The largest absolute Gasteiger partial charge is 0.269 e. The molecule has 0 saturated heterocycles. The first kappa shape index (κ1) is 15.0. The number of aromatic amines is 1. The average Bonchev–Trinajstić information content (AvgIpc) is 3.11. The SMILES string of the molecule is O=S(=O)(c1ccc(Cl)cc1)N1c2nccn2-c2[nH]ncc2C1C1CC1. The number of hydrogen-bond donors (Lipinski definition) is 1. The Morgan fingerprint density at radius 3 is 2.68 bits per heavy atom. The lowest BCUT2D eigenvalue weighted by Crippen LogP contribution is -2.40. The van der Waals surface area contributed by atoms with Crippen LogP contribution in [0.2, 0.25) is 5.02 Å². The Morgan fingerprint density at radius 2 is 1.96 bits per heavy atom. The van der Waals surface area contributed by atoms with Crippen LogP contribution in [-0.4, -0.2) is 28.2 Å². The molecule has 1 atom stereocenters. The van der Waals surface area contributed by atoms with Crippen molar-refractivity contribution in [3.05, 3.63) is 53.4 Å². The second-order valence-electron chi connectivity index (χ2n) is 6.31. The lowest BCUT2D eigenvalue weighted by atomic mass is 10.0. The highest BCUT2D eigenvalue weighted by Gasteiger charge is 2.48. The maximum Gasteiger partial charge on any atom is 0.267 e. The molecule has 0 bridgehead atoms. The van der Waals surface area contributed by atoms with Gasteiger partial charge in [0, 0.05) is 23.0 Å². The van der Waals surface area contributed by atoms with Crippen molar-refractivity contribution >= 4 is 27.6 Å². The lowest BCUT2D eigenvalue weighted by Gasteiger charge is -2.35. The predicted octanol–water partition coefficient (Wildman–Crippen LogP) is 2.91. The van der Waals surface area contributed by atoms with Crippen LogP contribution in [0.15, 0.2) is 47.8 Å². The third-order valence-electron chi connectivity index (χ3n) is 4.72. The number of benzene rings is 1. The van der Waals surface area contributed by atoms with Crippen molar-refractivity contribution in [2.24, 2.45) is 5.92 Å². The normalized spacial score (nSPS) is 19.6. The van der Waals surface area contributed by atoms with E-state index >= 15 is 0 Å². The molecule has 1 saturated carbocycles. The second kappa shape index (κ2) is 5.09. The van der Waals surface area contributed by atoms with Gasteiger partial charge in [-0.3, -0.25) is 9.67 Å². The average molecular weight is 376 g/mol. The van der Waals surface area contributed by atoms with Crippen molar-refractivity contribution in [1.29, 1.82) is 0 Å². The Kier molecular flexibility index (Phi) is 3.05. The van der Waals surface area contributed by atoms with E-state index in [-0.39, 0.29) is 16.9 Å². The molecule has 1 aliphatic carbocycles. The highest BCUT2D eigenvalue weighted by molar-refractivity contribution is 7.92. The molecule has 7 nitrogen and oxygen atoms in total. The highest BCUT2D eigenvalue weighted by atomic mass is 35.5. The Hall–Kier alpha value is -2.32. The number of nitrogens with zero attached hydrogens (tertiary/aromatic N) is 4. The van der Waals surface area contributed by atoms with Gasteiger partial charge in [0.15, 0.2) is 0 Å². The lowest BCUT2D eigenvalue weighted by molar-refractivity contribution is 0.546. The Balaban J connectivity index is 1.73. The zero-order valence-electron chi connectivity index (χ0n) is 13.0. The topological polar surface area (TPSA) is 83.9 Å². The molecule has 3 heterocycles. The van der Waals surface area contributed by atoms with Crippen LogP contribution in [-0.2, 0) is 10.0 Å². The minimum atomic E-state index is -3.79. The van der Waals surface area contributed by atoms with E-state index in [1.54, 1.807) is 35.3 Å². The summed E-state index contributed by atoms with van der Waals surface area (Å²) in [6.07, 6.45) is 7.02. The first-order chi connectivity index (χ1) is 12.1. The van der Waals surface area contributed by atoms with Gasteiger partial charge in [-0.2, -0.15) is 5.10 Å². The summed E-state index contributed by atoms with van der Waals surface area (Å²) < 4.78 is 30.0. The van der Waals surface area contributed by atoms with Crippen molar-refractivity contribution in [2.75, 3.05) is 4.31 Å². The number of imidazole rings is 1. The van der Waals surface area contributed by atoms with Crippen molar-refractivity contribution in [1.82, 2.24) is 19.7 Å². The molecule has 3 aromatic rings. The summed E-state index contributed by atoms with van der Waals surface area (Å²) in [7, 11) is -3.79. The number of anilines is 1. The van der Waals surface area contributed by atoms with E-state index in [1.807, 2.05) is 0 Å². The maximum absolute atomic E-state index is 13.4. The van der Waals surface area contributed by atoms with Crippen LogP contribution >= 0.6 is 11.6 Å². The molecule has 0 amide bonds. The van der Waals surface area contributed by atoms with Crippen LogP contribution in [0, 0.1) is 5.92 Å². The van der Waals surface area contributed by atoms with Gasteiger partial charge >= 0.3 is 0 Å². The fourth-order valence-corrected chi connectivity index (χ4v) is 5.18. The van der Waals surface area contributed by atoms with Crippen LogP contribution in [0.25, 0.3) is 5.82 Å². The zero-order chi connectivity index (χ0) is 17.2. The predicted molar refractivity (Wildman–Crippen MR) is 92.3 cm³/mol. The third kappa shape index (κ3) is 2.14. The molecule has 0 spiro atoms. The van der Waals surface area contributed by atoms with Crippen LogP contribution in [0.4, 0.5) is 5.95 Å². The number of halogens is 1. The quantitative estimate of drug-likeness (QED) is 0.762. The summed E-state index contributed by atoms with van der Waals surface area (Å²) in [4.78, 5) is 4.52. The molecule has 2 aromatic heterocycles. The molecular formula is C16H14ClN5O2S. The van der Waals surface area contributed by atoms with Gasteiger partial charge in [-0.1, -0.05) is 11.6 Å². The van der Waals surface area contributed by atoms with Crippen molar-refractivity contribution in [3.8, 4) is 5.82 Å². The van der Waals surface area contributed by atoms with Gasteiger partial charge in [-0.15, -0.1) is 0 Å². The van der Waals surface area contributed by atoms with E-state index in [0.717, 1.165) is 24.2 Å². The Labute approximate surface area is 149 Å². The van der Waals surface area contributed by atoms with E-state index in [2.05, 4.69) is 15.2 Å². The number of hydrogen-bond acceptors (Lipinski definition) is 4.